The quantitative estimate of drug-likeness (QED) is 0.0597. The van der Waals surface area contributed by atoms with Crippen molar-refractivity contribution in [1.29, 1.82) is 0 Å². The van der Waals surface area contributed by atoms with Crippen molar-refractivity contribution >= 4 is 119 Å². The zero-order valence-electron chi connectivity index (χ0n) is 57.1. The van der Waals surface area contributed by atoms with Crippen molar-refractivity contribution in [2.24, 2.45) is 0 Å². The number of anilines is 1. The maximum Gasteiger partial charge on any atom is 0.454 e. The Balaban J connectivity index is 1.64. The van der Waals surface area contributed by atoms with Crippen LogP contribution in [-0.2, 0) is 13.1 Å². The molecular weight excluding hydrogens is 1830 g/mol. The highest BCUT2D eigenvalue weighted by atomic mass is 19.5. The number of nitrogens with two attached hydrogens (primary N) is 1. The molecule has 660 valence electrons. The Morgan fingerprint density at radius 1 is 0.288 bits per heavy atom. The number of nitrogens with one attached hydrogen (secondary N) is 2. The monoisotopic (exact) mass is 1840 g/mol. The second-order valence-corrected chi connectivity index (χ2v) is 24.7. The van der Waals surface area contributed by atoms with Gasteiger partial charge in [-0.3, -0.25) is 62.2 Å². The fourth-order valence-electron chi connectivity index (χ4n) is 12.3. The Morgan fingerprint density at radius 3 is 0.808 bits per heavy atom. The smallest absolute Gasteiger partial charge is 0.367 e. The first kappa shape index (κ1) is 91.5. The lowest BCUT2D eigenvalue weighted by atomic mass is 9.80. The minimum Gasteiger partial charge on any atom is -0.367 e. The number of fused-ring (bicyclic) bond motifs is 20. The summed E-state index contributed by atoms with van der Waals surface area (Å²) in [6.45, 7) is -0.959. The van der Waals surface area contributed by atoms with Gasteiger partial charge >= 0.3 is 74.1 Å². The molecule has 0 radical (unpaired) electrons. The maximum atomic E-state index is 15.5. The molecule has 0 saturated heterocycles. The molecule has 64 heteroatoms. The molecule has 0 saturated carbocycles. The van der Waals surface area contributed by atoms with Gasteiger partial charge in [0.2, 0.25) is 5.95 Å². The van der Waals surface area contributed by atoms with E-state index in [2.05, 4.69) is 55.7 Å². The molecule has 0 fully saturated rings. The number of aromatic nitrogens is 15. The van der Waals surface area contributed by atoms with Crippen LogP contribution in [0.2, 0.25) is 0 Å². The van der Waals surface area contributed by atoms with Crippen molar-refractivity contribution in [2.75, 3.05) is 5.73 Å². The minimum absolute atomic E-state index is 0.261. The van der Waals surface area contributed by atoms with Crippen molar-refractivity contribution < 1.29 is 216 Å². The lowest BCUT2D eigenvalue weighted by Crippen LogP contribution is -2.37. The fraction of sp³-hybridized carbons (Fsp3) is 0.230. The number of benzene rings is 4. The summed E-state index contributed by atoms with van der Waals surface area (Å²) in [5.74, 6) is -70.0. The first-order valence-corrected chi connectivity index (χ1v) is 31.1. The summed E-state index contributed by atoms with van der Waals surface area (Å²) in [4.78, 5) is 187. The topological polar surface area (TPSA) is 414 Å². The van der Waals surface area contributed by atoms with E-state index in [-0.39, 0.29) is 12.1 Å². The number of nitrogens with zero attached hydrogens (tertiary/aromatic N) is 13. The average Bonchev–Trinajstić information content (AvgIpc) is 1.58. The Hall–Kier alpha value is -14.2. The number of Topliss-reactive ketones (excluding diaryl/α,β-unsaturated/α-hetero) is 12. The van der Waals surface area contributed by atoms with Gasteiger partial charge in [-0.05, 0) is 22.6 Å². The standard InChI is InChI=1S/C61H12F36N16O12/c62-50(63,64)29(114)11-13(31(116)52(68,69)70)19(37(122)58(86,87)88)25-23(17(11)35(120)56(80,81)82)43-100-41-8-2-1-7(10-6-112(110-107-10)3-4-113-49(98)108-109-111-113)5-9(8)42(99-41)101-44-24-18(36(121)57(83,84)85)12(30(115)51(65,66)67)14(32(117)53(71,72)73)20(38(123)59(89,90)91)26(24)46(103-44)105-48-28-22(40(125)61(95,96)97)16(34(119)55(77,78)79)15(33(118)54(74,75)76)21(39(124)60(92,93)94)27(28)47(106-48)104-45(25)102-43/h1-2,5-6H,3-4H2,(H2,98,108,111)(H2,99,100,101,102,103,104,105,106). The van der Waals surface area contributed by atoms with Crippen molar-refractivity contribution in [3.63, 3.8) is 0 Å². The van der Waals surface area contributed by atoms with Crippen LogP contribution in [0.4, 0.5) is 164 Å². The van der Waals surface area contributed by atoms with Crippen LogP contribution in [0.3, 0.4) is 0 Å². The number of hydrogen-bond donors (Lipinski definition) is 3. The van der Waals surface area contributed by atoms with E-state index >= 15 is 158 Å². The molecule has 0 atom stereocenters. The molecule has 4 N–H and O–H groups in total. The molecule has 0 spiro atoms. The van der Waals surface area contributed by atoms with Crippen molar-refractivity contribution in [3.8, 4) is 56.8 Å². The molecule has 8 bridgehead atoms. The number of hydrogen-bond acceptors (Lipinski definition) is 24. The van der Waals surface area contributed by atoms with E-state index in [1.807, 2.05) is 0 Å². The molecule has 0 aliphatic carbocycles. The predicted octanol–water partition coefficient (Wildman–Crippen LogP) is 14.3. The zero-order chi connectivity index (χ0) is 94.4. The third-order valence-corrected chi connectivity index (χ3v) is 16.9. The van der Waals surface area contributed by atoms with Gasteiger partial charge in [0.1, 0.15) is 28.3 Å². The van der Waals surface area contributed by atoms with Crippen LogP contribution < -0.4 is 5.73 Å². The molecule has 5 aromatic heterocycles. The molecule has 28 nitrogen and oxygen atoms in total. The summed E-state index contributed by atoms with van der Waals surface area (Å²) in [5, 5.41) is 6.90. The summed E-state index contributed by atoms with van der Waals surface area (Å²) in [5.41, 5.74) is -70.7. The number of nitrogen functional groups attached to an aromatic ring is 1. The van der Waals surface area contributed by atoms with Gasteiger partial charge in [0, 0.05) is 49.4 Å². The van der Waals surface area contributed by atoms with Crippen LogP contribution in [0.15, 0.2) is 24.4 Å². The molecule has 125 heavy (non-hydrogen) atoms. The summed E-state index contributed by atoms with van der Waals surface area (Å²) in [7, 11) is 0. The molecular formula is C61H12F36N16O12. The number of aryl methyl sites for hydroxylation is 2. The Bertz CT molecular complexity index is 6500. The van der Waals surface area contributed by atoms with E-state index < -0.39 is 330 Å². The van der Waals surface area contributed by atoms with Gasteiger partial charge in [0.15, 0.2) is 23.3 Å². The van der Waals surface area contributed by atoms with Crippen molar-refractivity contribution in [3.05, 3.63) is 91.2 Å². The molecule has 0 unspecified atom stereocenters. The molecule has 7 heterocycles. The van der Waals surface area contributed by atoms with Crippen LogP contribution in [-0.4, -0.2) is 219 Å². The average molecular weight is 1840 g/mol. The third-order valence-electron chi connectivity index (χ3n) is 16.9. The maximum absolute atomic E-state index is 15.5. The van der Waals surface area contributed by atoms with Crippen LogP contribution in [0.5, 0.6) is 0 Å². The number of tetrazole rings is 1. The molecule has 0 amide bonds. The predicted molar refractivity (Wildman–Crippen MR) is 322 cm³/mol. The van der Waals surface area contributed by atoms with Gasteiger partial charge in [-0.1, -0.05) is 16.4 Å². The fourth-order valence-corrected chi connectivity index (χ4v) is 12.3. The molecule has 2 aliphatic rings. The lowest BCUT2D eigenvalue weighted by Gasteiger charge is -2.23. The number of alkyl halides is 36. The Kier molecular flexibility index (Phi) is 21.2. The van der Waals surface area contributed by atoms with Gasteiger partial charge in [-0.25, -0.2) is 34.6 Å². The Morgan fingerprint density at radius 2 is 0.536 bits per heavy atom. The van der Waals surface area contributed by atoms with E-state index in [0.717, 1.165) is 15.6 Å². The van der Waals surface area contributed by atoms with Gasteiger partial charge in [0.25, 0.3) is 69.4 Å². The highest BCUT2D eigenvalue weighted by molar-refractivity contribution is 6.36. The largest absolute Gasteiger partial charge is 0.454 e. The second kappa shape index (κ2) is 29.0. The molecule has 9 aromatic rings. The summed E-state index contributed by atoms with van der Waals surface area (Å²) in [6, 6.07) is 1.06. The highest BCUT2D eigenvalue weighted by Gasteiger charge is 2.62. The number of halogens is 36. The lowest BCUT2D eigenvalue weighted by molar-refractivity contribution is -0.0926. The van der Waals surface area contributed by atoms with Crippen LogP contribution in [0.25, 0.3) is 101 Å². The molecule has 11 rings (SSSR count). The zero-order valence-corrected chi connectivity index (χ0v) is 57.1. The van der Waals surface area contributed by atoms with Gasteiger partial charge in [-0.2, -0.15) is 158 Å². The summed E-state index contributed by atoms with van der Waals surface area (Å²) >= 11 is 0. The van der Waals surface area contributed by atoms with Gasteiger partial charge in [0.05, 0.1) is 86.0 Å². The van der Waals surface area contributed by atoms with E-state index in [1.165, 1.54) is 0 Å². The Labute approximate surface area is 650 Å². The van der Waals surface area contributed by atoms with E-state index in [9.17, 15) is 57.5 Å². The summed E-state index contributed by atoms with van der Waals surface area (Å²) in [6.07, 6.45) is -89.9. The number of ketones is 12. The van der Waals surface area contributed by atoms with Crippen molar-refractivity contribution in [2.45, 2.75) is 87.2 Å². The number of rotatable bonds is 16. The van der Waals surface area contributed by atoms with Crippen LogP contribution in [0, 0.1) is 0 Å². The summed E-state index contributed by atoms with van der Waals surface area (Å²) < 4.78 is 552. The van der Waals surface area contributed by atoms with E-state index in [4.69, 9.17) is 5.73 Å². The normalized spacial score (nSPS) is 13.4. The SMILES string of the molecule is Nc1nnnn1CCn1cc(-c2ccc3c4nc5nc(nc6[nH]c(nc7nc(nc([nH]4)c3c2)-c2c(C(=O)C(F)(F)F)c(C(=O)C(F)(F)F)c(C(=O)C(F)(F)F)c(C(=O)C(F)(F)F)c2-7)c2c(C(=O)C(F)(F)F)c(C(=O)C(F)(F)F)c(C(=O)C(F)(F)F)c(C(=O)C(F)(F)F)c62)-c2c(C(=O)C(F)(F)F)c(C(=O)C(F)(F)F)c(C(=O)C(F)(F)F)c(C(=O)C(F)(F)F)c2-5)nn1. The van der Waals surface area contributed by atoms with Gasteiger partial charge in [-0.15, -0.1) is 5.10 Å². The number of carbonyl (C=O) groups is 12. The van der Waals surface area contributed by atoms with E-state index in [0.29, 0.717) is 11.1 Å². The van der Waals surface area contributed by atoms with Crippen LogP contribution >= 0.6 is 0 Å². The van der Waals surface area contributed by atoms with Crippen LogP contribution in [0.1, 0.15) is 124 Å². The van der Waals surface area contributed by atoms with Gasteiger partial charge < -0.3 is 15.7 Å². The molecule has 4 aromatic carbocycles. The first-order valence-electron chi connectivity index (χ1n) is 31.1. The van der Waals surface area contributed by atoms with Crippen molar-refractivity contribution in [1.82, 2.24) is 75.1 Å². The number of aromatic amines is 2. The number of carbonyl (C=O) groups excluding carboxylic acids is 12. The first-order chi connectivity index (χ1) is 56.6. The van der Waals surface area contributed by atoms with E-state index in [1.54, 1.807) is 4.98 Å². The number of H-pyrrole nitrogens is 2. The third kappa shape index (κ3) is 15.9. The highest BCUT2D eigenvalue weighted by Crippen LogP contribution is 2.54. The molecule has 2 aliphatic heterocycles. The second-order valence-electron chi connectivity index (χ2n) is 24.7. The minimum atomic E-state index is -7.69.